The summed E-state index contributed by atoms with van der Waals surface area (Å²) in [5, 5.41) is 9.39. The molecule has 3 rings (SSSR count). The van der Waals surface area contributed by atoms with Crippen LogP contribution in [0.3, 0.4) is 0 Å². The molecule has 2 heterocycles. The van der Waals surface area contributed by atoms with Gasteiger partial charge in [0.15, 0.2) is 0 Å². The third-order valence-corrected chi connectivity index (χ3v) is 5.97. The number of nitriles is 1. The van der Waals surface area contributed by atoms with Crippen LogP contribution in [0.5, 0.6) is 0 Å². The Labute approximate surface area is 141 Å². The molecule has 0 aliphatic carbocycles. The maximum absolute atomic E-state index is 12.6. The van der Waals surface area contributed by atoms with Crippen LogP contribution in [-0.4, -0.2) is 39.6 Å². The SMILES string of the molecule is N#CC1(NS(=O)(=O)c2ccc(N3CCCC3=O)cc2)CCOCC1. The highest BCUT2D eigenvalue weighted by molar-refractivity contribution is 7.89. The van der Waals surface area contributed by atoms with E-state index in [1.807, 2.05) is 0 Å². The smallest absolute Gasteiger partial charge is 0.241 e. The average Bonchev–Trinajstić information content (AvgIpc) is 3.01. The summed E-state index contributed by atoms with van der Waals surface area (Å²) in [4.78, 5) is 13.5. The van der Waals surface area contributed by atoms with E-state index in [1.165, 1.54) is 12.1 Å². The highest BCUT2D eigenvalue weighted by Gasteiger charge is 2.37. The molecular weight excluding hydrogens is 330 g/mol. The van der Waals surface area contributed by atoms with Crippen LogP contribution in [0, 0.1) is 11.3 Å². The monoisotopic (exact) mass is 349 g/mol. The summed E-state index contributed by atoms with van der Waals surface area (Å²) in [5.74, 6) is 0.0503. The Balaban J connectivity index is 1.80. The molecule has 24 heavy (non-hydrogen) atoms. The summed E-state index contributed by atoms with van der Waals surface area (Å²) in [7, 11) is -3.82. The number of anilines is 1. The van der Waals surface area contributed by atoms with Gasteiger partial charge in [0.25, 0.3) is 0 Å². The zero-order valence-electron chi connectivity index (χ0n) is 13.2. The maximum atomic E-state index is 12.6. The van der Waals surface area contributed by atoms with Gasteiger partial charge in [-0.1, -0.05) is 0 Å². The summed E-state index contributed by atoms with van der Waals surface area (Å²) in [5.41, 5.74) is -0.432. The number of sulfonamides is 1. The fraction of sp³-hybridized carbons (Fsp3) is 0.500. The lowest BCUT2D eigenvalue weighted by Gasteiger charge is -2.31. The molecule has 1 aromatic rings. The minimum Gasteiger partial charge on any atom is -0.381 e. The molecule has 0 atom stereocenters. The second kappa shape index (κ2) is 6.51. The normalized spacial score (nSPS) is 20.8. The van der Waals surface area contributed by atoms with Crippen molar-refractivity contribution in [3.05, 3.63) is 24.3 Å². The Morgan fingerprint density at radius 3 is 2.42 bits per heavy atom. The van der Waals surface area contributed by atoms with Gasteiger partial charge in [0.2, 0.25) is 15.9 Å². The van der Waals surface area contributed by atoms with E-state index in [4.69, 9.17) is 4.74 Å². The second-order valence-corrected chi connectivity index (χ2v) is 7.74. The molecule has 1 N–H and O–H groups in total. The Bertz CT molecular complexity index is 762. The van der Waals surface area contributed by atoms with Crippen LogP contribution in [0.1, 0.15) is 25.7 Å². The molecule has 2 fully saturated rings. The lowest BCUT2D eigenvalue weighted by molar-refractivity contribution is -0.117. The first-order valence-corrected chi connectivity index (χ1v) is 9.38. The van der Waals surface area contributed by atoms with Gasteiger partial charge in [-0.25, -0.2) is 8.42 Å². The molecule has 0 bridgehead atoms. The second-order valence-electron chi connectivity index (χ2n) is 6.05. The molecule has 128 valence electrons. The van der Waals surface area contributed by atoms with E-state index in [0.29, 0.717) is 44.7 Å². The van der Waals surface area contributed by atoms with E-state index in [2.05, 4.69) is 10.8 Å². The number of rotatable bonds is 4. The van der Waals surface area contributed by atoms with Gasteiger partial charge < -0.3 is 9.64 Å². The van der Waals surface area contributed by atoms with Crippen molar-refractivity contribution in [3.63, 3.8) is 0 Å². The molecule has 0 unspecified atom stereocenters. The number of ether oxygens (including phenoxy) is 1. The number of amides is 1. The number of nitrogens with one attached hydrogen (secondary N) is 1. The molecule has 0 radical (unpaired) electrons. The summed E-state index contributed by atoms with van der Waals surface area (Å²) in [6.07, 6.45) is 1.98. The minimum atomic E-state index is -3.82. The van der Waals surface area contributed by atoms with Gasteiger partial charge in [0.05, 0.1) is 11.0 Å². The van der Waals surface area contributed by atoms with Crippen molar-refractivity contribution >= 4 is 21.6 Å². The predicted molar refractivity (Wildman–Crippen MR) is 86.7 cm³/mol. The van der Waals surface area contributed by atoms with Gasteiger partial charge in [-0.05, 0) is 30.7 Å². The number of hydrogen-bond acceptors (Lipinski definition) is 5. The summed E-state index contributed by atoms with van der Waals surface area (Å²) in [6, 6.07) is 8.27. The van der Waals surface area contributed by atoms with Gasteiger partial charge in [-0.15, -0.1) is 0 Å². The molecule has 1 aromatic carbocycles. The molecule has 0 aromatic heterocycles. The van der Waals surface area contributed by atoms with Crippen molar-refractivity contribution < 1.29 is 17.9 Å². The van der Waals surface area contributed by atoms with Crippen molar-refractivity contribution in [2.75, 3.05) is 24.7 Å². The third-order valence-electron chi connectivity index (χ3n) is 4.42. The fourth-order valence-electron chi connectivity index (χ4n) is 3.00. The molecule has 1 amide bonds. The Kier molecular flexibility index (Phi) is 4.58. The first-order chi connectivity index (χ1) is 11.5. The molecule has 2 aliphatic rings. The van der Waals surface area contributed by atoms with E-state index >= 15 is 0 Å². The Morgan fingerprint density at radius 1 is 1.21 bits per heavy atom. The van der Waals surface area contributed by atoms with Crippen molar-refractivity contribution in [3.8, 4) is 6.07 Å². The van der Waals surface area contributed by atoms with Gasteiger partial charge in [0, 0.05) is 44.7 Å². The lowest BCUT2D eigenvalue weighted by Crippen LogP contribution is -2.50. The summed E-state index contributed by atoms with van der Waals surface area (Å²) in [6.45, 7) is 1.36. The standard InChI is InChI=1S/C16H19N3O4S/c17-12-16(7-10-23-11-8-16)18-24(21,22)14-5-3-13(4-6-14)19-9-1-2-15(19)20/h3-6,18H,1-2,7-11H2. The van der Waals surface area contributed by atoms with Gasteiger partial charge >= 0.3 is 0 Å². The molecule has 7 nitrogen and oxygen atoms in total. The van der Waals surface area contributed by atoms with Crippen LogP contribution >= 0.6 is 0 Å². The van der Waals surface area contributed by atoms with E-state index in [9.17, 15) is 18.5 Å². The van der Waals surface area contributed by atoms with E-state index in [1.54, 1.807) is 17.0 Å². The molecular formula is C16H19N3O4S. The number of carbonyl (C=O) groups is 1. The van der Waals surface area contributed by atoms with Crippen molar-refractivity contribution in [1.29, 1.82) is 5.26 Å². The molecule has 8 heteroatoms. The summed E-state index contributed by atoms with van der Waals surface area (Å²) < 4.78 is 32.9. The van der Waals surface area contributed by atoms with E-state index in [0.717, 1.165) is 6.42 Å². The van der Waals surface area contributed by atoms with Crippen LogP contribution in [0.15, 0.2) is 29.2 Å². The number of carbonyl (C=O) groups excluding carboxylic acids is 1. The largest absolute Gasteiger partial charge is 0.381 e. The van der Waals surface area contributed by atoms with Crippen LogP contribution in [0.4, 0.5) is 5.69 Å². The first kappa shape index (κ1) is 16.9. The van der Waals surface area contributed by atoms with Crippen LogP contribution in [-0.2, 0) is 19.6 Å². The number of benzene rings is 1. The van der Waals surface area contributed by atoms with Crippen LogP contribution in [0.2, 0.25) is 0 Å². The molecule has 2 aliphatic heterocycles. The zero-order valence-corrected chi connectivity index (χ0v) is 14.0. The van der Waals surface area contributed by atoms with E-state index < -0.39 is 15.6 Å². The Morgan fingerprint density at radius 2 is 1.88 bits per heavy atom. The average molecular weight is 349 g/mol. The van der Waals surface area contributed by atoms with Gasteiger partial charge in [-0.3, -0.25) is 4.79 Å². The van der Waals surface area contributed by atoms with Crippen molar-refractivity contribution in [2.24, 2.45) is 0 Å². The van der Waals surface area contributed by atoms with Crippen molar-refractivity contribution in [2.45, 2.75) is 36.1 Å². The fourth-order valence-corrected chi connectivity index (χ4v) is 4.38. The minimum absolute atomic E-state index is 0.0503. The van der Waals surface area contributed by atoms with Gasteiger partial charge in [-0.2, -0.15) is 9.98 Å². The third kappa shape index (κ3) is 3.29. The predicted octanol–water partition coefficient (Wildman–Crippen LogP) is 1.16. The van der Waals surface area contributed by atoms with Crippen LogP contribution in [0.25, 0.3) is 0 Å². The highest BCUT2D eigenvalue weighted by Crippen LogP contribution is 2.26. The summed E-state index contributed by atoms with van der Waals surface area (Å²) >= 11 is 0. The molecule has 0 saturated carbocycles. The Hall–Kier alpha value is -1.95. The highest BCUT2D eigenvalue weighted by atomic mass is 32.2. The maximum Gasteiger partial charge on any atom is 0.241 e. The lowest BCUT2D eigenvalue weighted by atomic mass is 9.93. The zero-order chi connectivity index (χ0) is 17.2. The first-order valence-electron chi connectivity index (χ1n) is 7.89. The van der Waals surface area contributed by atoms with Crippen LogP contribution < -0.4 is 9.62 Å². The van der Waals surface area contributed by atoms with E-state index in [-0.39, 0.29) is 10.8 Å². The quantitative estimate of drug-likeness (QED) is 0.879. The van der Waals surface area contributed by atoms with Crippen molar-refractivity contribution in [1.82, 2.24) is 4.72 Å². The number of nitrogens with zero attached hydrogens (tertiary/aromatic N) is 2. The van der Waals surface area contributed by atoms with Gasteiger partial charge in [0.1, 0.15) is 5.54 Å². The number of hydrogen-bond donors (Lipinski definition) is 1. The topological polar surface area (TPSA) is 99.5 Å². The molecule has 0 spiro atoms. The molecule has 2 saturated heterocycles.